The lowest BCUT2D eigenvalue weighted by Gasteiger charge is -2.08. The van der Waals surface area contributed by atoms with Crippen LogP contribution in [0.15, 0.2) is 12.3 Å². The molecule has 72 valence electrons. The maximum Gasteiger partial charge on any atom is 0.213 e. The number of ether oxygens (including phenoxy) is 1. The predicted octanol–water partition coefficient (Wildman–Crippen LogP) is 1.56. The lowest BCUT2D eigenvalue weighted by molar-refractivity contribution is 0.0988. The number of aryl methyl sites for hydroxylation is 1. The molecule has 0 aromatic carbocycles. The summed E-state index contributed by atoms with van der Waals surface area (Å²) in [6.07, 6.45) is 1.50. The fourth-order valence-corrected chi connectivity index (χ4v) is 1.15. The lowest BCUT2D eigenvalue weighted by atomic mass is 9.82. The van der Waals surface area contributed by atoms with Crippen molar-refractivity contribution in [1.29, 1.82) is 0 Å². The van der Waals surface area contributed by atoms with Gasteiger partial charge < -0.3 is 4.74 Å². The quantitative estimate of drug-likeness (QED) is 0.534. The molecule has 2 radical (unpaired) electrons. The zero-order valence-corrected chi connectivity index (χ0v) is 8.57. The highest BCUT2D eigenvalue weighted by molar-refractivity contribution is 6.27. The standard InChI is InChI=1S/C10H12BNO2/c1-6-4-9(14-3)12-5-8(6)10(13)7(2)11/h4-5,7H,1-3H3. The molecular weight excluding hydrogens is 177 g/mol. The van der Waals surface area contributed by atoms with Gasteiger partial charge in [-0.1, -0.05) is 6.92 Å². The Morgan fingerprint density at radius 3 is 2.71 bits per heavy atom. The summed E-state index contributed by atoms with van der Waals surface area (Å²) in [5.41, 5.74) is 1.39. The van der Waals surface area contributed by atoms with E-state index < -0.39 is 5.82 Å². The molecule has 3 nitrogen and oxygen atoms in total. The van der Waals surface area contributed by atoms with E-state index in [0.29, 0.717) is 11.4 Å². The Kier molecular flexibility index (Phi) is 3.28. The van der Waals surface area contributed by atoms with Crippen LogP contribution in [0.1, 0.15) is 22.8 Å². The van der Waals surface area contributed by atoms with Gasteiger partial charge in [-0.3, -0.25) is 4.79 Å². The summed E-state index contributed by atoms with van der Waals surface area (Å²) in [4.78, 5) is 15.5. The van der Waals surface area contributed by atoms with Crippen molar-refractivity contribution >= 4 is 13.6 Å². The van der Waals surface area contributed by atoms with Crippen LogP contribution in [0.2, 0.25) is 5.82 Å². The fourth-order valence-electron chi connectivity index (χ4n) is 1.15. The van der Waals surface area contributed by atoms with Crippen molar-refractivity contribution in [2.45, 2.75) is 19.7 Å². The van der Waals surface area contributed by atoms with Crippen LogP contribution >= 0.6 is 0 Å². The average Bonchev–Trinajstić information content (AvgIpc) is 2.16. The van der Waals surface area contributed by atoms with Crippen LogP contribution in [0, 0.1) is 6.92 Å². The van der Waals surface area contributed by atoms with E-state index in [1.165, 1.54) is 13.3 Å². The molecule has 1 aromatic rings. The number of methoxy groups -OCH3 is 1. The Hall–Kier alpha value is -1.32. The third-order valence-electron chi connectivity index (χ3n) is 1.97. The molecule has 0 spiro atoms. The number of nitrogens with zero attached hydrogens (tertiary/aromatic N) is 1. The van der Waals surface area contributed by atoms with Gasteiger partial charge in [0.25, 0.3) is 0 Å². The van der Waals surface area contributed by atoms with Crippen molar-refractivity contribution in [1.82, 2.24) is 4.98 Å². The molecule has 0 N–H and O–H groups in total. The predicted molar refractivity (Wildman–Crippen MR) is 55.0 cm³/mol. The van der Waals surface area contributed by atoms with Gasteiger partial charge in [-0.25, -0.2) is 4.98 Å². The minimum absolute atomic E-state index is 0.0994. The fraction of sp³-hybridized carbons (Fsp3) is 0.400. The molecule has 1 atom stereocenters. The van der Waals surface area contributed by atoms with Crippen LogP contribution in [0.4, 0.5) is 0 Å². The van der Waals surface area contributed by atoms with E-state index in [9.17, 15) is 4.79 Å². The molecule has 0 fully saturated rings. The van der Waals surface area contributed by atoms with Gasteiger partial charge in [-0.05, 0) is 18.3 Å². The molecule has 0 aliphatic rings. The van der Waals surface area contributed by atoms with E-state index in [0.717, 1.165) is 5.56 Å². The van der Waals surface area contributed by atoms with Crippen molar-refractivity contribution in [3.05, 3.63) is 23.4 Å². The largest absolute Gasteiger partial charge is 0.481 e. The molecule has 0 aliphatic carbocycles. The summed E-state index contributed by atoms with van der Waals surface area (Å²) in [5.74, 6) is -0.0923. The van der Waals surface area contributed by atoms with Gasteiger partial charge in [0.05, 0.1) is 15.0 Å². The first-order valence-electron chi connectivity index (χ1n) is 4.36. The van der Waals surface area contributed by atoms with Crippen molar-refractivity contribution in [2.24, 2.45) is 0 Å². The van der Waals surface area contributed by atoms with Crippen molar-refractivity contribution < 1.29 is 9.53 Å². The SMILES string of the molecule is [B]C(C)C(=O)c1cnc(OC)cc1C. The Bertz CT molecular complexity index is 350. The summed E-state index contributed by atoms with van der Waals surface area (Å²) in [6.45, 7) is 3.49. The first-order chi connectivity index (χ1) is 6.56. The van der Waals surface area contributed by atoms with Gasteiger partial charge >= 0.3 is 0 Å². The summed E-state index contributed by atoms with van der Waals surface area (Å²) in [7, 11) is 7.04. The highest BCUT2D eigenvalue weighted by Gasteiger charge is 2.13. The summed E-state index contributed by atoms with van der Waals surface area (Å²) >= 11 is 0. The topological polar surface area (TPSA) is 39.2 Å². The molecule has 0 saturated carbocycles. The lowest BCUT2D eigenvalue weighted by Crippen LogP contribution is -2.08. The number of rotatable bonds is 3. The van der Waals surface area contributed by atoms with E-state index in [1.54, 1.807) is 13.0 Å². The normalized spacial score (nSPS) is 12.2. The van der Waals surface area contributed by atoms with Crippen molar-refractivity contribution in [2.75, 3.05) is 7.11 Å². The minimum Gasteiger partial charge on any atom is -0.481 e. The summed E-state index contributed by atoms with van der Waals surface area (Å²) in [6, 6.07) is 1.72. The highest BCUT2D eigenvalue weighted by atomic mass is 16.5. The van der Waals surface area contributed by atoms with Crippen LogP contribution in [0.25, 0.3) is 0 Å². The van der Waals surface area contributed by atoms with Gasteiger partial charge in [0.2, 0.25) is 5.88 Å². The number of ketones is 1. The van der Waals surface area contributed by atoms with E-state index >= 15 is 0 Å². The van der Waals surface area contributed by atoms with E-state index in [-0.39, 0.29) is 5.78 Å². The van der Waals surface area contributed by atoms with E-state index in [1.807, 2.05) is 6.92 Å². The van der Waals surface area contributed by atoms with Crippen LogP contribution in [-0.2, 0) is 0 Å². The number of carbonyl (C=O) groups excluding carboxylic acids is 1. The third kappa shape index (κ3) is 2.13. The smallest absolute Gasteiger partial charge is 0.213 e. The first-order valence-corrected chi connectivity index (χ1v) is 4.36. The molecular formula is C10H12BNO2. The van der Waals surface area contributed by atoms with E-state index in [2.05, 4.69) is 4.98 Å². The molecule has 1 rings (SSSR count). The Labute approximate surface area is 84.9 Å². The molecule has 1 aromatic heterocycles. The Morgan fingerprint density at radius 2 is 2.29 bits per heavy atom. The summed E-state index contributed by atoms with van der Waals surface area (Å²) < 4.78 is 4.94. The second-order valence-electron chi connectivity index (χ2n) is 3.19. The van der Waals surface area contributed by atoms with Gasteiger partial charge in [-0.2, -0.15) is 0 Å². The number of Topliss-reactive ketones (excluding diaryl/α,β-unsaturated/α-hetero) is 1. The first kappa shape index (κ1) is 10.8. The van der Waals surface area contributed by atoms with Gasteiger partial charge in [0.1, 0.15) is 0 Å². The minimum atomic E-state index is -0.496. The molecule has 0 bridgehead atoms. The Balaban J connectivity index is 3.06. The number of pyridine rings is 1. The zero-order valence-electron chi connectivity index (χ0n) is 8.57. The third-order valence-corrected chi connectivity index (χ3v) is 1.97. The maximum atomic E-state index is 11.6. The average molecular weight is 189 g/mol. The molecule has 1 heterocycles. The molecule has 0 saturated heterocycles. The van der Waals surface area contributed by atoms with Gasteiger partial charge in [0, 0.05) is 17.8 Å². The molecule has 4 heteroatoms. The van der Waals surface area contributed by atoms with Gasteiger partial charge in [-0.15, -0.1) is 0 Å². The monoisotopic (exact) mass is 189 g/mol. The molecule has 1 unspecified atom stereocenters. The van der Waals surface area contributed by atoms with Crippen LogP contribution in [-0.4, -0.2) is 25.7 Å². The van der Waals surface area contributed by atoms with Crippen LogP contribution in [0.5, 0.6) is 5.88 Å². The number of hydrogen-bond donors (Lipinski definition) is 0. The maximum absolute atomic E-state index is 11.6. The van der Waals surface area contributed by atoms with Crippen molar-refractivity contribution in [3.63, 3.8) is 0 Å². The van der Waals surface area contributed by atoms with E-state index in [4.69, 9.17) is 12.6 Å². The number of carbonyl (C=O) groups is 1. The van der Waals surface area contributed by atoms with Gasteiger partial charge in [0.15, 0.2) is 5.78 Å². The molecule has 14 heavy (non-hydrogen) atoms. The second kappa shape index (κ2) is 4.27. The number of aromatic nitrogens is 1. The second-order valence-corrected chi connectivity index (χ2v) is 3.19. The van der Waals surface area contributed by atoms with Crippen LogP contribution < -0.4 is 4.74 Å². The number of hydrogen-bond acceptors (Lipinski definition) is 3. The highest BCUT2D eigenvalue weighted by Crippen LogP contribution is 2.17. The van der Waals surface area contributed by atoms with Crippen molar-refractivity contribution in [3.8, 4) is 5.88 Å². The molecule has 0 amide bonds. The molecule has 0 aliphatic heterocycles. The Morgan fingerprint density at radius 1 is 1.64 bits per heavy atom. The van der Waals surface area contributed by atoms with Crippen LogP contribution in [0.3, 0.4) is 0 Å². The summed E-state index contributed by atoms with van der Waals surface area (Å²) in [5, 5.41) is 0. The zero-order chi connectivity index (χ0) is 10.7.